The Labute approximate surface area is 112 Å². The summed E-state index contributed by atoms with van der Waals surface area (Å²) in [5.41, 5.74) is 6.38. The van der Waals surface area contributed by atoms with Gasteiger partial charge in [0.15, 0.2) is 0 Å². The molecule has 0 saturated heterocycles. The molecule has 1 unspecified atom stereocenters. The normalized spacial score (nSPS) is 23.1. The molecule has 1 heteroatoms. The quantitative estimate of drug-likeness (QED) is 0.726. The lowest BCUT2D eigenvalue weighted by atomic mass is 9.73. The largest absolute Gasteiger partial charge is 0.256 e. The Balaban J connectivity index is 1.93. The number of rotatable bonds is 1. The van der Waals surface area contributed by atoms with Crippen LogP contribution in [0.25, 0.3) is 5.57 Å². The molecule has 1 heterocycles. The van der Waals surface area contributed by atoms with Gasteiger partial charge >= 0.3 is 0 Å². The Morgan fingerprint density at radius 2 is 1.68 bits per heavy atom. The molecule has 0 radical (unpaired) electrons. The molecule has 0 aliphatic heterocycles. The van der Waals surface area contributed by atoms with E-state index >= 15 is 0 Å². The molecule has 1 aromatic rings. The first-order chi connectivity index (χ1) is 9.43. The minimum absolute atomic E-state index is 0.386. The van der Waals surface area contributed by atoms with E-state index in [-0.39, 0.29) is 0 Å². The van der Waals surface area contributed by atoms with Gasteiger partial charge < -0.3 is 0 Å². The molecule has 19 heavy (non-hydrogen) atoms. The van der Waals surface area contributed by atoms with Crippen LogP contribution in [0.1, 0.15) is 5.69 Å². The third kappa shape index (κ3) is 1.59. The smallest absolute Gasteiger partial charge is 0.0705 e. The van der Waals surface area contributed by atoms with E-state index in [2.05, 4.69) is 59.7 Å². The fraction of sp³-hybridized carbons (Fsp3) is 0.0556. The summed E-state index contributed by atoms with van der Waals surface area (Å²) in [6.45, 7) is 0. The number of aromatic nitrogens is 1. The molecule has 0 saturated carbocycles. The van der Waals surface area contributed by atoms with Crippen molar-refractivity contribution in [3.05, 3.63) is 95.4 Å². The zero-order valence-corrected chi connectivity index (χ0v) is 10.5. The van der Waals surface area contributed by atoms with Crippen LogP contribution in [0.2, 0.25) is 0 Å². The molecule has 1 aromatic heterocycles. The highest BCUT2D eigenvalue weighted by molar-refractivity contribution is 5.82. The molecular formula is C18H13N. The molecule has 0 N–H and O–H groups in total. The predicted octanol–water partition coefficient (Wildman–Crippen LogP) is 4.01. The van der Waals surface area contributed by atoms with Crippen LogP contribution in [-0.4, -0.2) is 4.98 Å². The first-order valence-electron chi connectivity index (χ1n) is 6.54. The van der Waals surface area contributed by atoms with Gasteiger partial charge in [0.25, 0.3) is 0 Å². The van der Waals surface area contributed by atoms with Crippen LogP contribution < -0.4 is 0 Å². The van der Waals surface area contributed by atoms with Gasteiger partial charge in [0.2, 0.25) is 0 Å². The predicted molar refractivity (Wildman–Crippen MR) is 78.2 cm³/mol. The van der Waals surface area contributed by atoms with Crippen molar-refractivity contribution in [2.75, 3.05) is 0 Å². The standard InChI is InChI=1S/C18H13N/c1-2-12-19-17(9-1)15-11-10-14-6-3-5-13-7-4-8-16(15)18(13)14/h1-12,18H. The minimum atomic E-state index is 0.386. The molecule has 0 amide bonds. The van der Waals surface area contributed by atoms with Crippen LogP contribution in [0.4, 0.5) is 0 Å². The van der Waals surface area contributed by atoms with Crippen molar-refractivity contribution >= 4 is 5.57 Å². The van der Waals surface area contributed by atoms with Gasteiger partial charge in [-0.25, -0.2) is 0 Å². The van der Waals surface area contributed by atoms with Crippen LogP contribution in [0.3, 0.4) is 0 Å². The Morgan fingerprint density at radius 3 is 2.53 bits per heavy atom. The minimum Gasteiger partial charge on any atom is -0.256 e. The van der Waals surface area contributed by atoms with Crippen molar-refractivity contribution < 1.29 is 0 Å². The fourth-order valence-corrected chi connectivity index (χ4v) is 2.95. The maximum absolute atomic E-state index is 4.49. The number of pyridine rings is 1. The van der Waals surface area contributed by atoms with E-state index in [1.807, 2.05) is 18.3 Å². The van der Waals surface area contributed by atoms with Gasteiger partial charge in [0, 0.05) is 17.7 Å². The topological polar surface area (TPSA) is 12.9 Å². The summed E-state index contributed by atoms with van der Waals surface area (Å²) in [7, 11) is 0. The van der Waals surface area contributed by atoms with Gasteiger partial charge in [0.05, 0.1) is 5.69 Å². The molecule has 0 bridgehead atoms. The molecule has 0 aromatic carbocycles. The summed E-state index contributed by atoms with van der Waals surface area (Å²) in [6, 6.07) is 6.07. The Hall–Kier alpha value is -2.41. The second kappa shape index (κ2) is 4.06. The lowest BCUT2D eigenvalue weighted by Gasteiger charge is -2.30. The molecular weight excluding hydrogens is 230 g/mol. The summed E-state index contributed by atoms with van der Waals surface area (Å²) in [5.74, 6) is 0.386. The van der Waals surface area contributed by atoms with E-state index in [9.17, 15) is 0 Å². The highest BCUT2D eigenvalue weighted by Gasteiger charge is 2.28. The first-order valence-corrected chi connectivity index (χ1v) is 6.54. The van der Waals surface area contributed by atoms with Crippen molar-refractivity contribution in [2.24, 2.45) is 5.92 Å². The maximum Gasteiger partial charge on any atom is 0.0705 e. The third-order valence-corrected chi connectivity index (χ3v) is 3.81. The average molecular weight is 243 g/mol. The van der Waals surface area contributed by atoms with Gasteiger partial charge in [-0.1, -0.05) is 54.7 Å². The second-order valence-corrected chi connectivity index (χ2v) is 4.90. The van der Waals surface area contributed by atoms with E-state index in [0.717, 1.165) is 5.69 Å². The van der Waals surface area contributed by atoms with Crippen molar-refractivity contribution in [3.8, 4) is 0 Å². The number of hydrogen-bond donors (Lipinski definition) is 0. The summed E-state index contributed by atoms with van der Waals surface area (Å²) in [6.07, 6.45) is 19.3. The lowest BCUT2D eigenvalue weighted by molar-refractivity contribution is 0.881. The summed E-state index contributed by atoms with van der Waals surface area (Å²) < 4.78 is 0. The van der Waals surface area contributed by atoms with E-state index in [4.69, 9.17) is 0 Å². The van der Waals surface area contributed by atoms with Gasteiger partial charge in [-0.05, 0) is 28.9 Å². The Kier molecular flexibility index (Phi) is 2.25. The van der Waals surface area contributed by atoms with Crippen molar-refractivity contribution in [2.45, 2.75) is 0 Å². The number of nitrogens with zero attached hydrogens (tertiary/aromatic N) is 1. The molecule has 0 spiro atoms. The van der Waals surface area contributed by atoms with Gasteiger partial charge in [-0.15, -0.1) is 0 Å². The lowest BCUT2D eigenvalue weighted by Crippen LogP contribution is -2.16. The average Bonchev–Trinajstić information content (AvgIpc) is 2.49. The fourth-order valence-electron chi connectivity index (χ4n) is 2.95. The maximum atomic E-state index is 4.49. The zero-order valence-electron chi connectivity index (χ0n) is 10.5. The van der Waals surface area contributed by atoms with Gasteiger partial charge in [-0.2, -0.15) is 0 Å². The number of allylic oxidation sites excluding steroid dienone is 12. The highest BCUT2D eigenvalue weighted by Crippen LogP contribution is 2.42. The molecule has 4 rings (SSSR count). The number of hydrogen-bond acceptors (Lipinski definition) is 1. The molecule has 1 nitrogen and oxygen atoms in total. The van der Waals surface area contributed by atoms with Gasteiger partial charge in [0.1, 0.15) is 0 Å². The molecule has 1 atom stereocenters. The van der Waals surface area contributed by atoms with Crippen molar-refractivity contribution in [1.29, 1.82) is 0 Å². The van der Waals surface area contributed by atoms with Crippen LogP contribution in [0.15, 0.2) is 89.7 Å². The molecule has 3 aliphatic carbocycles. The van der Waals surface area contributed by atoms with E-state index < -0.39 is 0 Å². The first kappa shape index (κ1) is 10.5. The summed E-state index contributed by atoms with van der Waals surface area (Å²) in [4.78, 5) is 4.49. The van der Waals surface area contributed by atoms with Gasteiger partial charge in [-0.3, -0.25) is 4.98 Å². The zero-order chi connectivity index (χ0) is 12.7. The van der Waals surface area contributed by atoms with E-state index in [1.54, 1.807) is 0 Å². The Morgan fingerprint density at radius 1 is 0.842 bits per heavy atom. The molecule has 3 aliphatic rings. The summed E-state index contributed by atoms with van der Waals surface area (Å²) >= 11 is 0. The SMILES string of the molecule is C1=CC2=CC=CC3=C(c4ccccn4)C=CC(=C1)C23. The van der Waals surface area contributed by atoms with Crippen LogP contribution >= 0.6 is 0 Å². The third-order valence-electron chi connectivity index (χ3n) is 3.81. The van der Waals surface area contributed by atoms with E-state index in [0.29, 0.717) is 5.92 Å². The highest BCUT2D eigenvalue weighted by atomic mass is 14.7. The summed E-state index contributed by atoms with van der Waals surface area (Å²) in [5, 5.41) is 0. The van der Waals surface area contributed by atoms with Crippen LogP contribution in [0, 0.1) is 5.92 Å². The Bertz CT molecular complexity index is 701. The van der Waals surface area contributed by atoms with Crippen LogP contribution in [0.5, 0.6) is 0 Å². The van der Waals surface area contributed by atoms with E-state index in [1.165, 1.54) is 22.3 Å². The van der Waals surface area contributed by atoms with Crippen LogP contribution in [-0.2, 0) is 0 Å². The van der Waals surface area contributed by atoms with Crippen molar-refractivity contribution in [3.63, 3.8) is 0 Å². The molecule has 90 valence electrons. The monoisotopic (exact) mass is 243 g/mol. The second-order valence-electron chi connectivity index (χ2n) is 4.90. The van der Waals surface area contributed by atoms with Crippen molar-refractivity contribution in [1.82, 2.24) is 4.98 Å². The molecule has 0 fully saturated rings.